The molecular weight excluding hydrogens is 511 g/mol. The van der Waals surface area contributed by atoms with Gasteiger partial charge in [0.2, 0.25) is 0 Å². The summed E-state index contributed by atoms with van der Waals surface area (Å²) in [4.78, 5) is 24.4. The van der Waals surface area contributed by atoms with Crippen molar-refractivity contribution < 1.29 is 13.6 Å². The van der Waals surface area contributed by atoms with Crippen LogP contribution in [0.2, 0.25) is 5.02 Å². The van der Waals surface area contributed by atoms with E-state index < -0.39 is 17.7 Å². The van der Waals surface area contributed by atoms with Crippen LogP contribution in [-0.2, 0) is 7.05 Å². The fourth-order valence-electron chi connectivity index (χ4n) is 4.30. The van der Waals surface area contributed by atoms with Gasteiger partial charge in [-0.05, 0) is 6.07 Å². The summed E-state index contributed by atoms with van der Waals surface area (Å²) in [5.41, 5.74) is 2.76. The molecule has 0 aliphatic carbocycles. The number of aryl methyl sites for hydroxylation is 1. The number of rotatable bonds is 3. The van der Waals surface area contributed by atoms with Gasteiger partial charge in [-0.3, -0.25) is 0 Å². The van der Waals surface area contributed by atoms with Crippen molar-refractivity contribution in [3.05, 3.63) is 71.1 Å². The number of carbonyl (C=O) groups is 1. The number of nitrogens with zero attached hydrogens (tertiary/aromatic N) is 5. The quantitative estimate of drug-likeness (QED) is 0.379. The van der Waals surface area contributed by atoms with Crippen molar-refractivity contribution in [3.63, 3.8) is 0 Å². The van der Waals surface area contributed by atoms with Crippen LogP contribution < -0.4 is 9.38 Å². The van der Waals surface area contributed by atoms with E-state index in [1.807, 2.05) is 17.8 Å². The normalized spacial score (nSPS) is 16.3. The van der Waals surface area contributed by atoms with Crippen LogP contribution in [0.25, 0.3) is 22.2 Å². The molecule has 1 atom stereocenters. The number of amides is 2. The Bertz CT molecular complexity index is 1410. The first-order valence-electron chi connectivity index (χ1n) is 10.0. The molecule has 1 fully saturated rings. The second kappa shape index (κ2) is 8.12. The van der Waals surface area contributed by atoms with E-state index in [-0.39, 0.29) is 17.6 Å². The minimum absolute atomic E-state index is 0.243. The Morgan fingerprint density at radius 3 is 2.61 bits per heavy atom. The van der Waals surface area contributed by atoms with Gasteiger partial charge < -0.3 is 0 Å². The Morgan fingerprint density at radius 2 is 1.88 bits per heavy atom. The van der Waals surface area contributed by atoms with Crippen molar-refractivity contribution in [2.45, 2.75) is 6.04 Å². The SMILES string of the molecule is CN1C(=O)N(c2ccc(-c3cn(C)c4ncnc([As])c34)c(F)c2)CC1c1cc(F)cc(Cl)c1. The van der Waals surface area contributed by atoms with Crippen LogP contribution >= 0.6 is 11.6 Å². The first-order valence-corrected chi connectivity index (χ1v) is 11.4. The molecule has 2 aromatic heterocycles. The molecule has 2 radical (unpaired) electrons. The first-order chi connectivity index (χ1) is 15.7. The zero-order valence-corrected chi connectivity index (χ0v) is 20.3. The summed E-state index contributed by atoms with van der Waals surface area (Å²) in [6.45, 7) is 0.243. The summed E-state index contributed by atoms with van der Waals surface area (Å²) >= 11 is 8.38. The number of hydrogen-bond acceptors (Lipinski definition) is 3. The van der Waals surface area contributed by atoms with Gasteiger partial charge in [0.15, 0.2) is 0 Å². The number of likely N-dealkylation sites (N-methyl/N-ethyl adjacent to an activating group) is 1. The van der Waals surface area contributed by atoms with Crippen LogP contribution in [0.3, 0.4) is 0 Å². The molecule has 33 heavy (non-hydrogen) atoms. The topological polar surface area (TPSA) is 54.3 Å². The van der Waals surface area contributed by atoms with Crippen LogP contribution in [0.4, 0.5) is 19.3 Å². The van der Waals surface area contributed by atoms with Crippen molar-refractivity contribution in [3.8, 4) is 11.1 Å². The molecule has 5 rings (SSSR count). The second-order valence-corrected chi connectivity index (χ2v) is 9.26. The third-order valence-electron chi connectivity index (χ3n) is 5.91. The van der Waals surface area contributed by atoms with Crippen LogP contribution in [0.15, 0.2) is 48.9 Å². The molecule has 1 aliphatic rings. The van der Waals surface area contributed by atoms with Crippen LogP contribution in [-0.4, -0.2) is 55.9 Å². The van der Waals surface area contributed by atoms with E-state index in [1.165, 1.54) is 34.3 Å². The molecule has 3 heterocycles. The Morgan fingerprint density at radius 1 is 1.09 bits per heavy atom. The number of anilines is 1. The van der Waals surface area contributed by atoms with E-state index in [9.17, 15) is 9.18 Å². The van der Waals surface area contributed by atoms with Gasteiger partial charge in [0, 0.05) is 5.02 Å². The molecule has 0 N–H and O–H groups in total. The Hall–Kier alpha value is -2.96. The molecule has 4 aromatic rings. The summed E-state index contributed by atoms with van der Waals surface area (Å²) in [5.74, 6) is -0.941. The van der Waals surface area contributed by atoms with Gasteiger partial charge in [0.05, 0.1) is 0 Å². The number of urea groups is 1. The number of hydrogen-bond donors (Lipinski definition) is 0. The minimum atomic E-state index is -0.472. The Kier molecular flexibility index (Phi) is 5.38. The fraction of sp³-hybridized carbons (Fsp3) is 0.174. The van der Waals surface area contributed by atoms with Crippen molar-refractivity contribution in [2.24, 2.45) is 7.05 Å². The van der Waals surface area contributed by atoms with Gasteiger partial charge in [0.25, 0.3) is 0 Å². The molecule has 2 aromatic carbocycles. The van der Waals surface area contributed by atoms with Crippen molar-refractivity contribution in [1.29, 1.82) is 0 Å². The van der Waals surface area contributed by atoms with Crippen LogP contribution in [0.5, 0.6) is 0 Å². The van der Waals surface area contributed by atoms with Crippen LogP contribution in [0.1, 0.15) is 11.6 Å². The van der Waals surface area contributed by atoms with E-state index in [2.05, 4.69) is 26.8 Å². The van der Waals surface area contributed by atoms with E-state index in [4.69, 9.17) is 11.6 Å². The number of aromatic nitrogens is 3. The average Bonchev–Trinajstić information content (AvgIpc) is 3.25. The van der Waals surface area contributed by atoms with Crippen molar-refractivity contribution >= 4 is 55.7 Å². The zero-order chi connectivity index (χ0) is 23.4. The summed E-state index contributed by atoms with van der Waals surface area (Å²) < 4.78 is 31.7. The molecular formula is C23H17AsClF2N5O. The van der Waals surface area contributed by atoms with Gasteiger partial charge in [-0.25, -0.2) is 4.39 Å². The molecule has 1 saturated heterocycles. The third kappa shape index (κ3) is 3.67. The van der Waals surface area contributed by atoms with Gasteiger partial charge in [0.1, 0.15) is 5.82 Å². The van der Waals surface area contributed by atoms with Crippen LogP contribution in [0, 0.1) is 11.6 Å². The van der Waals surface area contributed by atoms with Gasteiger partial charge in [-0.15, -0.1) is 0 Å². The maximum absolute atomic E-state index is 15.3. The number of benzene rings is 2. The predicted octanol–water partition coefficient (Wildman–Crippen LogP) is 3.97. The van der Waals surface area contributed by atoms with Gasteiger partial charge >= 0.3 is 170 Å². The second-order valence-electron chi connectivity index (χ2n) is 7.94. The minimum Gasteiger partial charge on any atom is -0.207 e. The molecule has 6 nitrogen and oxygen atoms in total. The summed E-state index contributed by atoms with van der Waals surface area (Å²) in [6, 6.07) is 8.19. The van der Waals surface area contributed by atoms with E-state index >= 15 is 4.39 Å². The summed E-state index contributed by atoms with van der Waals surface area (Å²) in [5, 5.41) is 1.01. The third-order valence-corrected chi connectivity index (χ3v) is 6.84. The molecule has 166 valence electrons. The van der Waals surface area contributed by atoms with E-state index in [0.29, 0.717) is 32.5 Å². The number of halogens is 3. The molecule has 0 spiro atoms. The summed E-state index contributed by atoms with van der Waals surface area (Å²) in [7, 11) is 3.47. The number of carbonyl (C=O) groups excluding carboxylic acids is 1. The summed E-state index contributed by atoms with van der Waals surface area (Å²) in [6.07, 6.45) is 3.28. The van der Waals surface area contributed by atoms with Gasteiger partial charge in [-0.1, -0.05) is 11.6 Å². The molecule has 1 aliphatic heterocycles. The standard InChI is InChI=1S/C23H17AsClF2N5O/c1-30-9-17(20-21(24)28-11-29-22(20)30)16-4-3-15(8-18(16)27)32-10-19(31(2)23(32)33)12-5-13(25)7-14(26)6-12/h3-9,11,19H,10H2,1-2H3. The molecule has 10 heteroatoms. The van der Waals surface area contributed by atoms with E-state index in [0.717, 1.165) is 5.39 Å². The van der Waals surface area contributed by atoms with Gasteiger partial charge in [-0.2, -0.15) is 0 Å². The molecule has 2 amide bonds. The smallest absolute Gasteiger partial charge is 0.207 e. The average molecular weight is 528 g/mol. The van der Waals surface area contributed by atoms with Crippen molar-refractivity contribution in [2.75, 3.05) is 18.5 Å². The monoisotopic (exact) mass is 527 g/mol. The number of fused-ring (bicyclic) bond motifs is 1. The Balaban J connectivity index is 1.51. The zero-order valence-electron chi connectivity index (χ0n) is 17.6. The fourth-order valence-corrected chi connectivity index (χ4v) is 5.10. The van der Waals surface area contributed by atoms with Crippen molar-refractivity contribution in [1.82, 2.24) is 19.4 Å². The predicted molar refractivity (Wildman–Crippen MR) is 124 cm³/mol. The molecule has 1 unspecified atom stereocenters. The Labute approximate surface area is 202 Å². The van der Waals surface area contributed by atoms with E-state index in [1.54, 1.807) is 25.2 Å². The maximum atomic E-state index is 15.3. The molecule has 0 bridgehead atoms. The first kappa shape index (κ1) is 21.9. The molecule has 0 saturated carbocycles.